The molecule has 232 valence electrons. The zero-order valence-electron chi connectivity index (χ0n) is 24.9. The Kier molecular flexibility index (Phi) is 12.3. The maximum Gasteiger partial charge on any atom is 0.254 e. The van der Waals surface area contributed by atoms with Gasteiger partial charge in [-0.15, -0.1) is 0 Å². The standard InChI is InChI=1S/C29H43FN6O5S/c1-7-19(17-8-10-18(30)11-9-17)26(39)36-29-20(24(32)37)16(6)23(25(33)38)42(29)13-12-34-28(41)22(15(4)5)35-27(40)21(31)14(2)3/h8-11,14-15,19,21-22,42H,7,12-13,31H2,1-6H3,(H2,32,37)(H2,33,38)(H,34,41)(H,35,40)(H,36,39)/t19?,21-,22-/m0/s1. The number of nitrogens with one attached hydrogen (secondary N) is 3. The van der Waals surface area contributed by atoms with Gasteiger partial charge in [0.15, 0.2) is 0 Å². The minimum Gasteiger partial charge on any atom is -0.366 e. The van der Waals surface area contributed by atoms with Crippen molar-refractivity contribution in [3.8, 4) is 0 Å². The van der Waals surface area contributed by atoms with Gasteiger partial charge in [0, 0.05) is 12.3 Å². The second-order valence-corrected chi connectivity index (χ2v) is 13.1. The van der Waals surface area contributed by atoms with Crippen LogP contribution in [-0.2, 0) is 24.0 Å². The van der Waals surface area contributed by atoms with E-state index >= 15 is 0 Å². The predicted molar refractivity (Wildman–Crippen MR) is 162 cm³/mol. The Morgan fingerprint density at radius 1 is 0.905 bits per heavy atom. The first-order chi connectivity index (χ1) is 19.6. The Labute approximate surface area is 248 Å². The van der Waals surface area contributed by atoms with E-state index in [0.29, 0.717) is 12.0 Å². The second kappa shape index (κ2) is 15.0. The van der Waals surface area contributed by atoms with Crippen LogP contribution in [0, 0.1) is 17.7 Å². The summed E-state index contributed by atoms with van der Waals surface area (Å²) in [6.45, 7) is 10.5. The highest BCUT2D eigenvalue weighted by molar-refractivity contribution is 8.24. The molecule has 5 amide bonds. The molecule has 1 aromatic rings. The zero-order valence-corrected chi connectivity index (χ0v) is 25.8. The van der Waals surface area contributed by atoms with Gasteiger partial charge in [0.05, 0.1) is 27.5 Å². The van der Waals surface area contributed by atoms with Crippen LogP contribution >= 0.6 is 10.9 Å². The first-order valence-corrected chi connectivity index (χ1v) is 15.4. The maximum absolute atomic E-state index is 13.5. The van der Waals surface area contributed by atoms with E-state index in [4.69, 9.17) is 17.2 Å². The monoisotopic (exact) mass is 606 g/mol. The van der Waals surface area contributed by atoms with Crippen LogP contribution in [0.5, 0.6) is 0 Å². The van der Waals surface area contributed by atoms with Crippen molar-refractivity contribution in [3.63, 3.8) is 0 Å². The van der Waals surface area contributed by atoms with Crippen molar-refractivity contribution in [3.05, 3.63) is 56.7 Å². The van der Waals surface area contributed by atoms with Gasteiger partial charge in [-0.25, -0.2) is 4.39 Å². The van der Waals surface area contributed by atoms with Crippen LogP contribution in [0.4, 0.5) is 4.39 Å². The second-order valence-electron chi connectivity index (χ2n) is 10.9. The van der Waals surface area contributed by atoms with Crippen molar-refractivity contribution in [2.24, 2.45) is 29.0 Å². The average molecular weight is 607 g/mol. The molecule has 0 radical (unpaired) electrons. The summed E-state index contributed by atoms with van der Waals surface area (Å²) in [6, 6.07) is 3.89. The highest BCUT2D eigenvalue weighted by Crippen LogP contribution is 2.52. The number of hydrogen-bond donors (Lipinski definition) is 7. The van der Waals surface area contributed by atoms with E-state index in [1.807, 2.05) is 0 Å². The molecule has 1 aliphatic rings. The number of thiol groups is 1. The molecular weight excluding hydrogens is 563 g/mol. The third kappa shape index (κ3) is 8.19. The van der Waals surface area contributed by atoms with Crippen LogP contribution in [0.15, 0.2) is 45.3 Å². The number of rotatable bonds is 14. The summed E-state index contributed by atoms with van der Waals surface area (Å²) in [4.78, 5) is 64.2. The van der Waals surface area contributed by atoms with Crippen LogP contribution in [-0.4, -0.2) is 53.9 Å². The summed E-state index contributed by atoms with van der Waals surface area (Å²) < 4.78 is 13.5. The van der Waals surface area contributed by atoms with E-state index in [1.165, 1.54) is 31.2 Å². The van der Waals surface area contributed by atoms with E-state index in [1.54, 1.807) is 34.6 Å². The fourth-order valence-corrected chi connectivity index (χ4v) is 7.26. The fraction of sp³-hybridized carbons (Fsp3) is 0.483. The fourth-order valence-electron chi connectivity index (χ4n) is 4.68. The smallest absolute Gasteiger partial charge is 0.254 e. The molecule has 0 fully saturated rings. The molecule has 1 heterocycles. The molecule has 2 unspecified atom stereocenters. The van der Waals surface area contributed by atoms with Crippen LogP contribution in [0.2, 0.25) is 0 Å². The number of hydrogen-bond acceptors (Lipinski definition) is 6. The Morgan fingerprint density at radius 3 is 1.98 bits per heavy atom. The molecule has 2 rings (SSSR count). The summed E-state index contributed by atoms with van der Waals surface area (Å²) in [5.41, 5.74) is 18.1. The number of halogens is 1. The third-order valence-electron chi connectivity index (χ3n) is 7.13. The summed E-state index contributed by atoms with van der Waals surface area (Å²) in [6.07, 6.45) is 0.377. The Balaban J connectivity index is 2.30. The Morgan fingerprint density at radius 2 is 1.50 bits per heavy atom. The summed E-state index contributed by atoms with van der Waals surface area (Å²) in [7, 11) is -1.69. The molecule has 0 bridgehead atoms. The van der Waals surface area contributed by atoms with Crippen molar-refractivity contribution in [1.82, 2.24) is 16.0 Å². The highest BCUT2D eigenvalue weighted by Gasteiger charge is 2.37. The van der Waals surface area contributed by atoms with Gasteiger partial charge in [0.25, 0.3) is 11.8 Å². The lowest BCUT2D eigenvalue weighted by Crippen LogP contribution is -2.55. The molecule has 0 saturated heterocycles. The minimum atomic E-state index is -1.69. The first-order valence-electron chi connectivity index (χ1n) is 13.8. The van der Waals surface area contributed by atoms with Crippen molar-refractivity contribution >= 4 is 40.4 Å². The third-order valence-corrected chi connectivity index (χ3v) is 9.77. The number of amides is 5. The quantitative estimate of drug-likeness (QED) is 0.155. The van der Waals surface area contributed by atoms with Gasteiger partial charge in [-0.1, -0.05) is 46.8 Å². The van der Waals surface area contributed by atoms with E-state index in [-0.39, 0.29) is 45.2 Å². The minimum absolute atomic E-state index is 0.00135. The lowest BCUT2D eigenvalue weighted by atomic mass is 9.95. The zero-order chi connectivity index (χ0) is 31.9. The molecule has 0 saturated carbocycles. The highest BCUT2D eigenvalue weighted by atomic mass is 32.2. The van der Waals surface area contributed by atoms with Crippen molar-refractivity contribution in [1.29, 1.82) is 0 Å². The number of carbonyl (C=O) groups is 5. The van der Waals surface area contributed by atoms with Crippen molar-refractivity contribution < 1.29 is 28.4 Å². The van der Waals surface area contributed by atoms with Crippen molar-refractivity contribution in [2.75, 3.05) is 12.3 Å². The SMILES string of the molecule is CCC(C(=O)NC1=C(C(N)=O)C(C)=C(C(N)=O)[SH]1CCNC(=O)[C@@H](NC(=O)[C@@H](N)C(C)C)C(C)C)c1ccc(F)cc1. The summed E-state index contributed by atoms with van der Waals surface area (Å²) in [5, 5.41) is 8.47. The van der Waals surface area contributed by atoms with Gasteiger partial charge in [-0.2, -0.15) is 10.9 Å². The summed E-state index contributed by atoms with van der Waals surface area (Å²) in [5.74, 6) is -4.29. The molecule has 13 heteroatoms. The molecule has 0 aliphatic carbocycles. The molecule has 1 aromatic carbocycles. The number of benzene rings is 1. The Hall–Kier alpha value is -3.71. The number of primary amides is 2. The molecule has 42 heavy (non-hydrogen) atoms. The van der Waals surface area contributed by atoms with E-state index in [0.717, 1.165) is 0 Å². The largest absolute Gasteiger partial charge is 0.366 e. The average Bonchev–Trinajstić information content (AvgIpc) is 3.18. The van der Waals surface area contributed by atoms with Gasteiger partial charge in [-0.3, -0.25) is 24.0 Å². The number of carbonyl (C=O) groups excluding carboxylic acids is 5. The van der Waals surface area contributed by atoms with Gasteiger partial charge in [0.2, 0.25) is 17.7 Å². The van der Waals surface area contributed by atoms with E-state index in [2.05, 4.69) is 16.0 Å². The van der Waals surface area contributed by atoms with Crippen LogP contribution in [0.3, 0.4) is 0 Å². The first kappa shape index (κ1) is 34.5. The van der Waals surface area contributed by atoms with Crippen LogP contribution < -0.4 is 33.2 Å². The van der Waals surface area contributed by atoms with Gasteiger partial charge >= 0.3 is 0 Å². The van der Waals surface area contributed by atoms with E-state index < -0.39 is 64.2 Å². The normalized spacial score (nSPS) is 18.1. The topological polar surface area (TPSA) is 200 Å². The van der Waals surface area contributed by atoms with Gasteiger partial charge in [-0.05, 0) is 48.4 Å². The molecule has 11 nitrogen and oxygen atoms in total. The molecule has 0 spiro atoms. The number of nitrogens with two attached hydrogens (primary N) is 3. The Bertz CT molecular complexity index is 1280. The molecule has 9 N–H and O–H groups in total. The molecule has 4 atom stereocenters. The maximum atomic E-state index is 13.5. The van der Waals surface area contributed by atoms with Gasteiger partial charge < -0.3 is 33.2 Å². The predicted octanol–water partition coefficient (Wildman–Crippen LogP) is 1.15. The van der Waals surface area contributed by atoms with Crippen LogP contribution in [0.1, 0.15) is 59.4 Å². The summed E-state index contributed by atoms with van der Waals surface area (Å²) >= 11 is 0. The van der Waals surface area contributed by atoms with Crippen LogP contribution in [0.25, 0.3) is 0 Å². The van der Waals surface area contributed by atoms with E-state index in [9.17, 15) is 28.4 Å². The molecule has 0 aromatic heterocycles. The molecule has 1 aliphatic heterocycles. The van der Waals surface area contributed by atoms with Gasteiger partial charge in [0.1, 0.15) is 11.9 Å². The van der Waals surface area contributed by atoms with Crippen molar-refractivity contribution in [2.45, 2.75) is 66.0 Å². The lowest BCUT2D eigenvalue weighted by Gasteiger charge is -2.27. The molecular formula is C29H43FN6O5S. The lowest BCUT2D eigenvalue weighted by molar-refractivity contribution is -0.131.